The number of fused-ring (bicyclic) bond motifs is 1. The van der Waals surface area contributed by atoms with Gasteiger partial charge in [-0.3, -0.25) is 0 Å². The van der Waals surface area contributed by atoms with Crippen LogP contribution in [0.2, 0.25) is 0 Å². The van der Waals surface area contributed by atoms with Gasteiger partial charge in [-0.2, -0.15) is 0 Å². The third-order valence-corrected chi connectivity index (χ3v) is 5.49. The Morgan fingerprint density at radius 3 is 2.68 bits per heavy atom. The molecule has 4 nitrogen and oxygen atoms in total. The van der Waals surface area contributed by atoms with Crippen LogP contribution in [-0.4, -0.2) is 50.7 Å². The Balaban J connectivity index is 1.91. The van der Waals surface area contributed by atoms with Crippen molar-refractivity contribution >= 4 is 33.1 Å². The minimum absolute atomic E-state index is 0.206. The standard InChI is InChI=1S/C17H22N2O2S/c1-4-21-17(20)16-12(2)14-6-5-13(11-15(14)22-16)19-9-7-18(3)8-10-19/h5-6,11H,4,7-10H2,1-3H3. The lowest BCUT2D eigenvalue weighted by atomic mass is 10.1. The van der Waals surface area contributed by atoms with E-state index in [2.05, 4.69) is 35.0 Å². The number of piperazine rings is 1. The molecule has 3 rings (SSSR count). The van der Waals surface area contributed by atoms with Crippen molar-refractivity contribution in [1.82, 2.24) is 4.90 Å². The third-order valence-electron chi connectivity index (χ3n) is 4.25. The monoisotopic (exact) mass is 318 g/mol. The molecular formula is C17H22N2O2S. The molecule has 0 unspecified atom stereocenters. The van der Waals surface area contributed by atoms with Gasteiger partial charge >= 0.3 is 5.97 Å². The van der Waals surface area contributed by atoms with E-state index in [4.69, 9.17) is 4.74 Å². The van der Waals surface area contributed by atoms with E-state index in [1.807, 2.05) is 13.8 Å². The largest absolute Gasteiger partial charge is 0.462 e. The quantitative estimate of drug-likeness (QED) is 0.814. The van der Waals surface area contributed by atoms with Crippen molar-refractivity contribution < 1.29 is 9.53 Å². The van der Waals surface area contributed by atoms with Gasteiger partial charge < -0.3 is 14.5 Å². The molecule has 1 fully saturated rings. The number of carbonyl (C=O) groups is 1. The van der Waals surface area contributed by atoms with Crippen LogP contribution >= 0.6 is 11.3 Å². The molecule has 0 N–H and O–H groups in total. The molecule has 0 bridgehead atoms. The average molecular weight is 318 g/mol. The Bertz CT molecular complexity index is 687. The molecule has 22 heavy (non-hydrogen) atoms. The summed E-state index contributed by atoms with van der Waals surface area (Å²) in [6, 6.07) is 6.51. The zero-order valence-electron chi connectivity index (χ0n) is 13.4. The minimum Gasteiger partial charge on any atom is -0.462 e. The van der Waals surface area contributed by atoms with Crippen molar-refractivity contribution in [2.45, 2.75) is 13.8 Å². The van der Waals surface area contributed by atoms with Crippen LogP contribution in [0.25, 0.3) is 10.1 Å². The van der Waals surface area contributed by atoms with Gasteiger partial charge in [-0.25, -0.2) is 4.79 Å². The number of thiophene rings is 1. The van der Waals surface area contributed by atoms with Gasteiger partial charge in [0.1, 0.15) is 4.88 Å². The molecule has 1 aromatic carbocycles. The van der Waals surface area contributed by atoms with Gasteiger partial charge in [0.2, 0.25) is 0 Å². The Morgan fingerprint density at radius 2 is 2.00 bits per heavy atom. The number of nitrogens with zero attached hydrogens (tertiary/aromatic N) is 2. The third kappa shape index (κ3) is 2.83. The molecule has 2 heterocycles. The second-order valence-electron chi connectivity index (χ2n) is 5.75. The molecule has 1 aliphatic rings. The van der Waals surface area contributed by atoms with Crippen molar-refractivity contribution in [2.75, 3.05) is 44.7 Å². The molecule has 0 radical (unpaired) electrons. The molecule has 1 aromatic heterocycles. The van der Waals surface area contributed by atoms with E-state index < -0.39 is 0 Å². The fourth-order valence-corrected chi connectivity index (χ4v) is 4.00. The Labute approximate surface area is 135 Å². The Kier molecular flexibility index (Phi) is 4.36. The van der Waals surface area contributed by atoms with Crippen LogP contribution in [0.4, 0.5) is 5.69 Å². The fraction of sp³-hybridized carbons (Fsp3) is 0.471. The van der Waals surface area contributed by atoms with Crippen LogP contribution in [0, 0.1) is 6.92 Å². The highest BCUT2D eigenvalue weighted by Crippen LogP contribution is 2.34. The summed E-state index contributed by atoms with van der Waals surface area (Å²) in [5.41, 5.74) is 2.28. The van der Waals surface area contributed by atoms with Crippen molar-refractivity contribution in [3.8, 4) is 0 Å². The highest BCUT2D eigenvalue weighted by Gasteiger charge is 2.19. The summed E-state index contributed by atoms with van der Waals surface area (Å²) in [5.74, 6) is -0.206. The first-order valence-electron chi connectivity index (χ1n) is 7.74. The summed E-state index contributed by atoms with van der Waals surface area (Å²) < 4.78 is 6.32. The topological polar surface area (TPSA) is 32.8 Å². The van der Waals surface area contributed by atoms with Gasteiger partial charge in [0, 0.05) is 36.6 Å². The highest BCUT2D eigenvalue weighted by atomic mass is 32.1. The normalized spacial score (nSPS) is 16.2. The number of esters is 1. The van der Waals surface area contributed by atoms with Crippen molar-refractivity contribution in [3.63, 3.8) is 0 Å². The van der Waals surface area contributed by atoms with Crippen LogP contribution < -0.4 is 4.90 Å². The number of ether oxygens (including phenoxy) is 1. The summed E-state index contributed by atoms with van der Waals surface area (Å²) in [6.45, 7) is 8.55. The first-order chi connectivity index (χ1) is 10.6. The lowest BCUT2D eigenvalue weighted by Gasteiger charge is -2.34. The summed E-state index contributed by atoms with van der Waals surface area (Å²) in [4.78, 5) is 17.5. The van der Waals surface area contributed by atoms with Crippen LogP contribution in [0.5, 0.6) is 0 Å². The summed E-state index contributed by atoms with van der Waals surface area (Å²) in [5, 5.41) is 1.16. The minimum atomic E-state index is -0.206. The number of likely N-dealkylation sites (N-methyl/N-ethyl adjacent to an activating group) is 1. The van der Waals surface area contributed by atoms with Crippen molar-refractivity contribution in [3.05, 3.63) is 28.6 Å². The molecular weight excluding hydrogens is 296 g/mol. The summed E-state index contributed by atoms with van der Waals surface area (Å²) >= 11 is 1.54. The Hall–Kier alpha value is -1.59. The molecule has 0 spiro atoms. The molecule has 0 amide bonds. The number of hydrogen-bond donors (Lipinski definition) is 0. The van der Waals surface area contributed by atoms with Crippen molar-refractivity contribution in [2.24, 2.45) is 0 Å². The van der Waals surface area contributed by atoms with E-state index in [9.17, 15) is 4.79 Å². The van der Waals surface area contributed by atoms with Gasteiger partial charge in [-0.15, -0.1) is 11.3 Å². The van der Waals surface area contributed by atoms with Crippen LogP contribution in [0.1, 0.15) is 22.2 Å². The maximum Gasteiger partial charge on any atom is 0.348 e. The van der Waals surface area contributed by atoms with Crippen LogP contribution in [0.3, 0.4) is 0 Å². The average Bonchev–Trinajstić information content (AvgIpc) is 2.85. The maximum absolute atomic E-state index is 12.0. The lowest BCUT2D eigenvalue weighted by molar-refractivity contribution is 0.0531. The fourth-order valence-electron chi connectivity index (χ4n) is 2.87. The zero-order chi connectivity index (χ0) is 15.7. The molecule has 5 heteroatoms. The molecule has 0 saturated carbocycles. The molecule has 118 valence electrons. The van der Waals surface area contributed by atoms with Crippen LogP contribution in [-0.2, 0) is 4.74 Å². The van der Waals surface area contributed by atoms with Gasteiger partial charge in [0.05, 0.1) is 6.61 Å². The first-order valence-corrected chi connectivity index (χ1v) is 8.55. The zero-order valence-corrected chi connectivity index (χ0v) is 14.2. The summed E-state index contributed by atoms with van der Waals surface area (Å²) in [6.07, 6.45) is 0. The molecule has 2 aromatic rings. The summed E-state index contributed by atoms with van der Waals surface area (Å²) in [7, 11) is 2.16. The maximum atomic E-state index is 12.0. The van der Waals surface area contributed by atoms with E-state index in [0.29, 0.717) is 6.61 Å². The number of carbonyl (C=O) groups excluding carboxylic acids is 1. The van der Waals surface area contributed by atoms with Crippen LogP contribution in [0.15, 0.2) is 18.2 Å². The van der Waals surface area contributed by atoms with Crippen molar-refractivity contribution in [1.29, 1.82) is 0 Å². The first kappa shape index (κ1) is 15.3. The van der Waals surface area contributed by atoms with E-state index in [-0.39, 0.29) is 5.97 Å². The lowest BCUT2D eigenvalue weighted by Crippen LogP contribution is -2.44. The molecule has 1 saturated heterocycles. The van der Waals surface area contributed by atoms with E-state index in [1.54, 1.807) is 0 Å². The number of hydrogen-bond acceptors (Lipinski definition) is 5. The van der Waals surface area contributed by atoms with E-state index in [1.165, 1.54) is 17.0 Å². The van der Waals surface area contributed by atoms with Gasteiger partial charge in [0.15, 0.2) is 0 Å². The predicted octanol–water partition coefficient (Wildman–Crippen LogP) is 3.14. The number of rotatable bonds is 3. The van der Waals surface area contributed by atoms with Gasteiger partial charge in [-0.05, 0) is 44.0 Å². The number of benzene rings is 1. The smallest absolute Gasteiger partial charge is 0.348 e. The predicted molar refractivity (Wildman–Crippen MR) is 92.2 cm³/mol. The molecule has 0 aliphatic carbocycles. The van der Waals surface area contributed by atoms with Gasteiger partial charge in [-0.1, -0.05) is 6.07 Å². The van der Waals surface area contributed by atoms with E-state index in [0.717, 1.165) is 46.7 Å². The SMILES string of the molecule is CCOC(=O)c1sc2cc(N3CCN(C)CC3)ccc2c1C. The van der Waals surface area contributed by atoms with E-state index >= 15 is 0 Å². The Morgan fingerprint density at radius 1 is 1.27 bits per heavy atom. The number of anilines is 1. The molecule has 0 atom stereocenters. The highest BCUT2D eigenvalue weighted by molar-refractivity contribution is 7.21. The molecule has 1 aliphatic heterocycles. The second-order valence-corrected chi connectivity index (χ2v) is 6.80. The second kappa shape index (κ2) is 6.26. The number of aryl methyl sites for hydroxylation is 1. The van der Waals surface area contributed by atoms with Gasteiger partial charge in [0.25, 0.3) is 0 Å².